The Labute approximate surface area is 137 Å². The lowest BCUT2D eigenvalue weighted by atomic mass is 10.1. The number of nitrogens with zero attached hydrogens (tertiary/aromatic N) is 1. The molecule has 1 amide bonds. The molecule has 0 aromatic heterocycles. The number of hydrogen-bond donors (Lipinski definition) is 0. The van der Waals surface area contributed by atoms with Crippen molar-refractivity contribution in [2.24, 2.45) is 0 Å². The molecule has 1 fully saturated rings. The van der Waals surface area contributed by atoms with Crippen molar-refractivity contribution in [2.75, 3.05) is 11.9 Å². The molecule has 1 atom stereocenters. The standard InChI is InChI=1S/C16H28BrNO3/c1-12(8-7-9-17)10-13-11-20-16(5,6)18(13)14(19)21-15(2,3)4/h10,13H,7-9,11H2,1-6H3/t13-/m1/s1. The van der Waals surface area contributed by atoms with E-state index < -0.39 is 11.3 Å². The first-order chi connectivity index (χ1) is 9.57. The van der Waals surface area contributed by atoms with Crippen molar-refractivity contribution >= 4 is 22.0 Å². The van der Waals surface area contributed by atoms with E-state index in [1.165, 1.54) is 5.57 Å². The maximum Gasteiger partial charge on any atom is 0.413 e. The number of amides is 1. The van der Waals surface area contributed by atoms with E-state index in [9.17, 15) is 4.79 Å². The predicted octanol–water partition coefficient (Wildman–Crippen LogP) is 4.48. The molecule has 5 heteroatoms. The van der Waals surface area contributed by atoms with Gasteiger partial charge in [0.15, 0.2) is 0 Å². The fourth-order valence-electron chi connectivity index (χ4n) is 2.38. The van der Waals surface area contributed by atoms with Gasteiger partial charge in [-0.25, -0.2) is 4.79 Å². The van der Waals surface area contributed by atoms with Gasteiger partial charge in [0.1, 0.15) is 11.3 Å². The highest BCUT2D eigenvalue weighted by molar-refractivity contribution is 9.09. The largest absolute Gasteiger partial charge is 0.444 e. The van der Waals surface area contributed by atoms with E-state index in [4.69, 9.17) is 9.47 Å². The van der Waals surface area contributed by atoms with Gasteiger partial charge in [0.2, 0.25) is 0 Å². The molecule has 1 aliphatic heterocycles. The number of allylic oxidation sites excluding steroid dienone is 1. The van der Waals surface area contributed by atoms with Crippen LogP contribution in [0, 0.1) is 0 Å². The van der Waals surface area contributed by atoms with Gasteiger partial charge in [-0.05, 0) is 54.4 Å². The summed E-state index contributed by atoms with van der Waals surface area (Å²) in [5.74, 6) is 0. The van der Waals surface area contributed by atoms with Gasteiger partial charge in [-0.2, -0.15) is 0 Å². The highest BCUT2D eigenvalue weighted by atomic mass is 79.9. The molecule has 0 unspecified atom stereocenters. The fourth-order valence-corrected chi connectivity index (χ4v) is 2.66. The van der Waals surface area contributed by atoms with Crippen LogP contribution in [-0.4, -0.2) is 40.3 Å². The Morgan fingerprint density at radius 2 is 2.10 bits per heavy atom. The van der Waals surface area contributed by atoms with Crippen molar-refractivity contribution in [3.8, 4) is 0 Å². The lowest BCUT2D eigenvalue weighted by Gasteiger charge is -2.34. The summed E-state index contributed by atoms with van der Waals surface area (Å²) in [7, 11) is 0. The number of carbonyl (C=O) groups excluding carboxylic acids is 1. The number of ether oxygens (including phenoxy) is 2. The lowest BCUT2D eigenvalue weighted by molar-refractivity contribution is -0.0610. The average molecular weight is 362 g/mol. The molecule has 21 heavy (non-hydrogen) atoms. The molecule has 1 saturated heterocycles. The highest BCUT2D eigenvalue weighted by Crippen LogP contribution is 2.30. The van der Waals surface area contributed by atoms with Gasteiger partial charge in [0, 0.05) is 5.33 Å². The second-order valence-corrected chi connectivity index (χ2v) is 7.77. The first-order valence-corrected chi connectivity index (χ1v) is 8.58. The van der Waals surface area contributed by atoms with Crippen LogP contribution in [-0.2, 0) is 9.47 Å². The van der Waals surface area contributed by atoms with E-state index >= 15 is 0 Å². The van der Waals surface area contributed by atoms with Gasteiger partial charge in [-0.3, -0.25) is 4.90 Å². The second-order valence-electron chi connectivity index (χ2n) is 6.98. The average Bonchev–Trinajstić information content (AvgIpc) is 2.59. The molecule has 0 spiro atoms. The number of alkyl halides is 1. The molecule has 1 aliphatic rings. The van der Waals surface area contributed by atoms with Crippen LogP contribution in [0.5, 0.6) is 0 Å². The Hall–Kier alpha value is -0.550. The highest BCUT2D eigenvalue weighted by Gasteiger charge is 2.44. The Morgan fingerprint density at radius 3 is 2.62 bits per heavy atom. The fraction of sp³-hybridized carbons (Fsp3) is 0.812. The third-order valence-corrected chi connectivity index (χ3v) is 3.85. The Morgan fingerprint density at radius 1 is 1.48 bits per heavy atom. The first-order valence-electron chi connectivity index (χ1n) is 7.46. The third kappa shape index (κ3) is 5.62. The van der Waals surface area contributed by atoms with E-state index in [2.05, 4.69) is 28.9 Å². The van der Waals surface area contributed by atoms with Crippen LogP contribution < -0.4 is 0 Å². The van der Waals surface area contributed by atoms with Gasteiger partial charge in [-0.15, -0.1) is 0 Å². The summed E-state index contributed by atoms with van der Waals surface area (Å²) in [4.78, 5) is 14.2. The van der Waals surface area contributed by atoms with Crippen molar-refractivity contribution in [3.05, 3.63) is 11.6 Å². The maximum absolute atomic E-state index is 12.5. The molecule has 0 aliphatic carbocycles. The molecule has 0 radical (unpaired) electrons. The zero-order valence-corrected chi connectivity index (χ0v) is 15.6. The number of hydrogen-bond acceptors (Lipinski definition) is 3. The predicted molar refractivity (Wildman–Crippen MR) is 88.7 cm³/mol. The topological polar surface area (TPSA) is 38.8 Å². The van der Waals surface area contributed by atoms with Crippen LogP contribution in [0.25, 0.3) is 0 Å². The molecular weight excluding hydrogens is 334 g/mol. The van der Waals surface area contributed by atoms with Gasteiger partial charge < -0.3 is 9.47 Å². The molecule has 0 aromatic carbocycles. The van der Waals surface area contributed by atoms with Gasteiger partial charge in [0.05, 0.1) is 12.6 Å². The van der Waals surface area contributed by atoms with Crippen molar-refractivity contribution in [1.29, 1.82) is 0 Å². The van der Waals surface area contributed by atoms with Crippen molar-refractivity contribution in [3.63, 3.8) is 0 Å². The number of halogens is 1. The van der Waals surface area contributed by atoms with E-state index in [1.54, 1.807) is 4.90 Å². The zero-order chi connectivity index (χ0) is 16.3. The van der Waals surface area contributed by atoms with Crippen LogP contribution in [0.4, 0.5) is 4.79 Å². The van der Waals surface area contributed by atoms with Crippen molar-refractivity contribution in [1.82, 2.24) is 4.90 Å². The minimum absolute atomic E-state index is 0.0647. The van der Waals surface area contributed by atoms with Crippen LogP contribution in [0.3, 0.4) is 0 Å². The normalized spacial score (nSPS) is 22.5. The van der Waals surface area contributed by atoms with Crippen LogP contribution in [0.15, 0.2) is 11.6 Å². The summed E-state index contributed by atoms with van der Waals surface area (Å²) in [6.07, 6.45) is 3.91. The second kappa shape index (κ2) is 7.14. The van der Waals surface area contributed by atoms with Crippen LogP contribution in [0.1, 0.15) is 54.4 Å². The van der Waals surface area contributed by atoms with Crippen molar-refractivity contribution in [2.45, 2.75) is 71.8 Å². The molecule has 0 bridgehead atoms. The van der Waals surface area contributed by atoms with Gasteiger partial charge in [-0.1, -0.05) is 27.6 Å². The SMILES string of the molecule is CC(=C[C@@H]1COC(C)(C)N1C(=O)OC(C)(C)C)CCCBr. The molecule has 0 aromatic rings. The van der Waals surface area contributed by atoms with Gasteiger partial charge in [0.25, 0.3) is 0 Å². The minimum Gasteiger partial charge on any atom is -0.444 e. The Balaban J connectivity index is 2.86. The minimum atomic E-state index is -0.640. The van der Waals surface area contributed by atoms with Crippen LogP contribution >= 0.6 is 15.9 Å². The molecule has 1 rings (SSSR count). The molecular formula is C16H28BrNO3. The lowest BCUT2D eigenvalue weighted by Crippen LogP contribution is -2.49. The Kier molecular flexibility index (Phi) is 6.29. The summed E-state index contributed by atoms with van der Waals surface area (Å²) in [5.41, 5.74) is 0.128. The third-order valence-electron chi connectivity index (χ3n) is 3.29. The Bertz CT molecular complexity index is 399. The quantitative estimate of drug-likeness (QED) is 0.547. The monoisotopic (exact) mass is 361 g/mol. The van der Waals surface area contributed by atoms with Gasteiger partial charge >= 0.3 is 6.09 Å². The van der Waals surface area contributed by atoms with Crippen LogP contribution in [0.2, 0.25) is 0 Å². The summed E-state index contributed by atoms with van der Waals surface area (Å²) >= 11 is 3.44. The first kappa shape index (κ1) is 18.5. The van der Waals surface area contributed by atoms with E-state index in [0.717, 1.165) is 18.2 Å². The zero-order valence-electron chi connectivity index (χ0n) is 14.0. The molecule has 4 nitrogen and oxygen atoms in total. The number of carbonyl (C=O) groups is 1. The molecule has 0 N–H and O–H groups in total. The summed E-state index contributed by atoms with van der Waals surface area (Å²) < 4.78 is 11.3. The number of rotatable bonds is 4. The van der Waals surface area contributed by atoms with E-state index in [1.807, 2.05) is 34.6 Å². The molecule has 0 saturated carbocycles. The summed E-state index contributed by atoms with van der Waals surface area (Å²) in [5, 5.41) is 0.987. The summed E-state index contributed by atoms with van der Waals surface area (Å²) in [6.45, 7) is 12.0. The van der Waals surface area contributed by atoms with E-state index in [-0.39, 0.29) is 12.1 Å². The molecule has 1 heterocycles. The molecule has 122 valence electrons. The smallest absolute Gasteiger partial charge is 0.413 e. The maximum atomic E-state index is 12.5. The van der Waals surface area contributed by atoms with Crippen molar-refractivity contribution < 1.29 is 14.3 Å². The summed E-state index contributed by atoms with van der Waals surface area (Å²) in [6, 6.07) is -0.0647. The van der Waals surface area contributed by atoms with E-state index in [0.29, 0.717) is 6.61 Å².